The summed E-state index contributed by atoms with van der Waals surface area (Å²) in [6.07, 6.45) is 1.85. The van der Waals surface area contributed by atoms with Crippen molar-refractivity contribution >= 4 is 17.9 Å². The molecule has 178 valence electrons. The van der Waals surface area contributed by atoms with Gasteiger partial charge in [-0.15, -0.1) is 0 Å². The van der Waals surface area contributed by atoms with Crippen molar-refractivity contribution < 1.29 is 24.2 Å². The highest BCUT2D eigenvalue weighted by Gasteiger charge is 2.41. The van der Waals surface area contributed by atoms with Crippen LogP contribution in [-0.2, 0) is 14.3 Å². The number of nitrogens with zero attached hydrogens (tertiary/aromatic N) is 1. The Balaban J connectivity index is 2.39. The molecule has 0 heterocycles. The van der Waals surface area contributed by atoms with E-state index in [4.69, 9.17) is 4.74 Å². The van der Waals surface area contributed by atoms with Crippen LogP contribution in [0.2, 0.25) is 0 Å². The Labute approximate surface area is 190 Å². The fraction of sp³-hybridized carbons (Fsp3) is 0.625. The lowest BCUT2D eigenvalue weighted by Gasteiger charge is -2.43. The fourth-order valence-corrected chi connectivity index (χ4v) is 3.60. The number of hydrogen-bond donors (Lipinski definition) is 3. The summed E-state index contributed by atoms with van der Waals surface area (Å²) in [6.45, 7) is 12.3. The third-order valence-electron chi connectivity index (χ3n) is 5.32. The Kier molecular flexibility index (Phi) is 8.15. The number of phenols is 1. The number of hydrogen-bond acceptors (Lipinski definition) is 5. The third kappa shape index (κ3) is 6.61. The maximum Gasteiger partial charge on any atom is 0.408 e. The monoisotopic (exact) mass is 447 g/mol. The molecule has 0 bridgehead atoms. The Morgan fingerprint density at radius 1 is 1.12 bits per heavy atom. The van der Waals surface area contributed by atoms with Crippen LogP contribution < -0.4 is 10.6 Å². The van der Waals surface area contributed by atoms with Crippen molar-refractivity contribution in [3.05, 3.63) is 29.3 Å². The molecule has 1 saturated carbocycles. The van der Waals surface area contributed by atoms with Gasteiger partial charge in [0.25, 0.3) is 0 Å². The molecule has 8 heteroatoms. The third-order valence-corrected chi connectivity index (χ3v) is 5.32. The lowest BCUT2D eigenvalue weighted by molar-refractivity contribution is -0.147. The van der Waals surface area contributed by atoms with E-state index in [-0.39, 0.29) is 29.6 Å². The van der Waals surface area contributed by atoms with Crippen LogP contribution in [0.3, 0.4) is 0 Å². The number of alkyl carbamates (subject to hydrolysis) is 1. The van der Waals surface area contributed by atoms with Crippen LogP contribution in [0.15, 0.2) is 18.2 Å². The second-order valence-electron chi connectivity index (χ2n) is 9.81. The van der Waals surface area contributed by atoms with Crippen LogP contribution in [0.5, 0.6) is 5.75 Å². The molecule has 3 N–H and O–H groups in total. The number of aromatic hydroxyl groups is 1. The van der Waals surface area contributed by atoms with Crippen molar-refractivity contribution in [2.45, 2.75) is 97.5 Å². The van der Waals surface area contributed by atoms with Crippen molar-refractivity contribution in [3.8, 4) is 5.75 Å². The molecule has 0 aromatic heterocycles. The molecule has 8 nitrogen and oxygen atoms in total. The standard InChI is InChI=1S/C24H37N3O5/c1-14(2)25-21(29)20(17-11-12-19(28)15(3)13-17)27(18-9-8-10-18)22(30)16(4)26-23(31)32-24(5,6)7/h11-14,16,18,20,28H,8-10H2,1-7H3,(H,25,29)(H,26,31). The Morgan fingerprint density at radius 3 is 2.22 bits per heavy atom. The molecule has 0 spiro atoms. The second kappa shape index (κ2) is 10.2. The molecule has 0 radical (unpaired) electrons. The number of carbonyl (C=O) groups is 3. The van der Waals surface area contributed by atoms with E-state index in [1.165, 1.54) is 6.07 Å². The van der Waals surface area contributed by atoms with Gasteiger partial charge in [-0.1, -0.05) is 6.07 Å². The van der Waals surface area contributed by atoms with E-state index < -0.39 is 23.8 Å². The zero-order chi connectivity index (χ0) is 24.2. The van der Waals surface area contributed by atoms with Gasteiger partial charge in [0, 0.05) is 12.1 Å². The zero-order valence-corrected chi connectivity index (χ0v) is 20.2. The summed E-state index contributed by atoms with van der Waals surface area (Å²) in [5.41, 5.74) is 0.540. The normalized spacial score (nSPS) is 16.0. The average molecular weight is 448 g/mol. The first-order chi connectivity index (χ1) is 14.8. The highest BCUT2D eigenvalue weighted by molar-refractivity contribution is 5.92. The zero-order valence-electron chi connectivity index (χ0n) is 20.2. The SMILES string of the molecule is Cc1cc(C(C(=O)NC(C)C)N(C(=O)C(C)NC(=O)OC(C)(C)C)C2CCC2)ccc1O. The summed E-state index contributed by atoms with van der Waals surface area (Å²) >= 11 is 0. The molecule has 1 aliphatic carbocycles. The molecule has 2 rings (SSSR count). The van der Waals surface area contributed by atoms with Gasteiger partial charge in [-0.2, -0.15) is 0 Å². The topological polar surface area (TPSA) is 108 Å². The predicted molar refractivity (Wildman–Crippen MR) is 122 cm³/mol. The summed E-state index contributed by atoms with van der Waals surface area (Å²) in [7, 11) is 0. The molecular weight excluding hydrogens is 410 g/mol. The molecule has 0 saturated heterocycles. The smallest absolute Gasteiger partial charge is 0.408 e. The number of carbonyl (C=O) groups excluding carboxylic acids is 3. The van der Waals surface area contributed by atoms with Crippen LogP contribution in [0, 0.1) is 6.92 Å². The molecule has 1 fully saturated rings. The minimum Gasteiger partial charge on any atom is -0.508 e. The van der Waals surface area contributed by atoms with Gasteiger partial charge in [0.05, 0.1) is 0 Å². The largest absolute Gasteiger partial charge is 0.508 e. The quantitative estimate of drug-likeness (QED) is 0.592. The van der Waals surface area contributed by atoms with E-state index in [9.17, 15) is 19.5 Å². The van der Waals surface area contributed by atoms with E-state index in [2.05, 4.69) is 10.6 Å². The number of benzene rings is 1. The van der Waals surface area contributed by atoms with Crippen molar-refractivity contribution in [2.75, 3.05) is 0 Å². The first-order valence-electron chi connectivity index (χ1n) is 11.2. The second-order valence-corrected chi connectivity index (χ2v) is 9.81. The number of phenolic OH excluding ortho intramolecular Hbond substituents is 1. The van der Waals surface area contributed by atoms with E-state index in [0.29, 0.717) is 11.1 Å². The Bertz CT molecular complexity index is 843. The molecule has 1 aromatic rings. The van der Waals surface area contributed by atoms with Gasteiger partial charge in [0.15, 0.2) is 0 Å². The van der Waals surface area contributed by atoms with Crippen molar-refractivity contribution in [1.29, 1.82) is 0 Å². The first kappa shape index (κ1) is 25.5. The maximum absolute atomic E-state index is 13.6. The number of aryl methyl sites for hydroxylation is 1. The predicted octanol–water partition coefficient (Wildman–Crippen LogP) is 3.56. The molecule has 1 aliphatic rings. The summed E-state index contributed by atoms with van der Waals surface area (Å²) < 4.78 is 5.29. The van der Waals surface area contributed by atoms with E-state index in [0.717, 1.165) is 19.3 Å². The minimum atomic E-state index is -0.877. The first-order valence-corrected chi connectivity index (χ1v) is 11.2. The highest BCUT2D eigenvalue weighted by Crippen LogP contribution is 2.35. The minimum absolute atomic E-state index is 0.109. The number of ether oxygens (including phenoxy) is 1. The molecule has 3 amide bonds. The average Bonchev–Trinajstić information content (AvgIpc) is 2.59. The molecule has 32 heavy (non-hydrogen) atoms. The maximum atomic E-state index is 13.6. The van der Waals surface area contributed by atoms with Gasteiger partial charge in [-0.25, -0.2) is 4.79 Å². The molecule has 1 aromatic carbocycles. The summed E-state index contributed by atoms with van der Waals surface area (Å²) in [5, 5.41) is 15.5. The van der Waals surface area contributed by atoms with Crippen molar-refractivity contribution in [1.82, 2.24) is 15.5 Å². The number of nitrogens with one attached hydrogen (secondary N) is 2. The van der Waals surface area contributed by atoms with Crippen molar-refractivity contribution in [3.63, 3.8) is 0 Å². The number of amides is 3. The Hall–Kier alpha value is -2.77. The van der Waals surface area contributed by atoms with Crippen LogP contribution in [0.1, 0.15) is 78.0 Å². The van der Waals surface area contributed by atoms with Crippen molar-refractivity contribution in [2.24, 2.45) is 0 Å². The van der Waals surface area contributed by atoms with Gasteiger partial charge >= 0.3 is 6.09 Å². The van der Waals surface area contributed by atoms with E-state index >= 15 is 0 Å². The van der Waals surface area contributed by atoms with Gasteiger partial charge in [0.1, 0.15) is 23.4 Å². The van der Waals surface area contributed by atoms with E-state index in [1.807, 2.05) is 13.8 Å². The van der Waals surface area contributed by atoms with Gasteiger partial charge < -0.3 is 25.4 Å². The van der Waals surface area contributed by atoms with Gasteiger partial charge in [-0.05, 0) is 91.0 Å². The molecule has 2 unspecified atom stereocenters. The summed E-state index contributed by atoms with van der Waals surface area (Å²) in [4.78, 5) is 40.7. The van der Waals surface area contributed by atoms with Crippen LogP contribution in [-0.4, -0.2) is 51.6 Å². The van der Waals surface area contributed by atoms with Crippen LogP contribution in [0.25, 0.3) is 0 Å². The van der Waals surface area contributed by atoms with Crippen LogP contribution in [0.4, 0.5) is 4.79 Å². The van der Waals surface area contributed by atoms with Gasteiger partial charge in [-0.3, -0.25) is 9.59 Å². The summed E-state index contributed by atoms with van der Waals surface area (Å²) in [5.74, 6) is -0.525. The highest BCUT2D eigenvalue weighted by atomic mass is 16.6. The molecule has 0 aliphatic heterocycles. The Morgan fingerprint density at radius 2 is 1.75 bits per heavy atom. The lowest BCUT2D eigenvalue weighted by atomic mass is 9.88. The molecule has 2 atom stereocenters. The molecular formula is C24H37N3O5. The van der Waals surface area contributed by atoms with Crippen LogP contribution >= 0.6 is 0 Å². The van der Waals surface area contributed by atoms with Gasteiger partial charge in [0.2, 0.25) is 11.8 Å². The number of rotatable bonds is 7. The summed E-state index contributed by atoms with van der Waals surface area (Å²) in [6, 6.07) is 2.95. The fourth-order valence-electron chi connectivity index (χ4n) is 3.60. The lowest BCUT2D eigenvalue weighted by Crippen LogP contribution is -2.57. The van der Waals surface area contributed by atoms with E-state index in [1.54, 1.807) is 51.7 Å².